The first-order valence-electron chi connectivity index (χ1n) is 8.34. The zero-order valence-corrected chi connectivity index (χ0v) is 12.9. The molecule has 0 saturated heterocycles. The quantitative estimate of drug-likeness (QED) is 0.856. The van der Waals surface area contributed by atoms with Crippen molar-refractivity contribution in [2.24, 2.45) is 23.0 Å². The summed E-state index contributed by atoms with van der Waals surface area (Å²) in [6.07, 6.45) is 8.45. The summed E-state index contributed by atoms with van der Waals surface area (Å²) in [4.78, 5) is 0. The van der Waals surface area contributed by atoms with Crippen LogP contribution in [0.2, 0.25) is 0 Å². The van der Waals surface area contributed by atoms with E-state index in [1.165, 1.54) is 44.1 Å². The van der Waals surface area contributed by atoms with Gasteiger partial charge in [-0.1, -0.05) is 29.8 Å². The highest BCUT2D eigenvalue weighted by Gasteiger charge is 2.59. The average molecular weight is 269 g/mol. The van der Waals surface area contributed by atoms with Crippen LogP contribution >= 0.6 is 0 Å². The molecule has 3 atom stereocenters. The fourth-order valence-corrected chi connectivity index (χ4v) is 6.18. The zero-order chi connectivity index (χ0) is 14.0. The highest BCUT2D eigenvalue weighted by molar-refractivity contribution is 5.33. The second kappa shape index (κ2) is 4.10. The minimum Gasteiger partial charge on any atom is -0.327 e. The maximum Gasteiger partial charge on any atom is 0.00675 e. The Bertz CT molecular complexity index is 516. The molecular formula is C19H27N. The zero-order valence-electron chi connectivity index (χ0n) is 12.9. The minimum absolute atomic E-state index is 0.359. The van der Waals surface area contributed by atoms with Gasteiger partial charge in [-0.05, 0) is 80.6 Å². The van der Waals surface area contributed by atoms with Crippen molar-refractivity contribution < 1.29 is 0 Å². The molecule has 0 spiro atoms. The van der Waals surface area contributed by atoms with Crippen molar-refractivity contribution >= 4 is 0 Å². The molecule has 1 nitrogen and oxygen atoms in total. The second-order valence-corrected chi connectivity index (χ2v) is 8.26. The van der Waals surface area contributed by atoms with Crippen molar-refractivity contribution in [3.63, 3.8) is 0 Å². The maximum absolute atomic E-state index is 6.46. The number of aryl methyl sites for hydroxylation is 1. The van der Waals surface area contributed by atoms with Crippen molar-refractivity contribution in [3.05, 3.63) is 35.4 Å². The van der Waals surface area contributed by atoms with Gasteiger partial charge < -0.3 is 5.73 Å². The number of rotatable bonds is 2. The Hall–Kier alpha value is -0.820. The van der Waals surface area contributed by atoms with Gasteiger partial charge in [0.05, 0.1) is 0 Å². The van der Waals surface area contributed by atoms with Gasteiger partial charge in [0.15, 0.2) is 0 Å². The third kappa shape index (κ3) is 1.72. The Kier molecular flexibility index (Phi) is 2.64. The van der Waals surface area contributed by atoms with Crippen LogP contribution in [0.1, 0.15) is 56.6 Å². The Morgan fingerprint density at radius 1 is 1.15 bits per heavy atom. The molecule has 108 valence electrons. The standard InChI is InChI=1S/C19H27N/c1-13-4-3-5-17(6-13)19-10-15-7-16(11-19)9-18(8-15,12-19)14(2)20/h3-6,14-16H,7-12,20H2,1-2H3. The van der Waals surface area contributed by atoms with Gasteiger partial charge in [-0.15, -0.1) is 0 Å². The molecule has 4 aliphatic carbocycles. The Balaban J connectivity index is 1.79. The molecular weight excluding hydrogens is 242 g/mol. The number of hydrogen-bond acceptors (Lipinski definition) is 1. The molecule has 20 heavy (non-hydrogen) atoms. The van der Waals surface area contributed by atoms with E-state index in [9.17, 15) is 0 Å². The monoisotopic (exact) mass is 269 g/mol. The molecule has 1 heteroatoms. The largest absolute Gasteiger partial charge is 0.327 e. The van der Waals surface area contributed by atoms with Crippen LogP contribution in [0, 0.1) is 24.2 Å². The Morgan fingerprint density at radius 2 is 1.85 bits per heavy atom. The highest BCUT2D eigenvalue weighted by atomic mass is 14.7. The summed E-state index contributed by atoms with van der Waals surface area (Å²) in [6.45, 7) is 4.49. The van der Waals surface area contributed by atoms with Gasteiger partial charge in [0, 0.05) is 6.04 Å². The van der Waals surface area contributed by atoms with E-state index in [2.05, 4.69) is 38.1 Å². The fraction of sp³-hybridized carbons (Fsp3) is 0.684. The van der Waals surface area contributed by atoms with Gasteiger partial charge in [-0.3, -0.25) is 0 Å². The number of hydrogen-bond donors (Lipinski definition) is 1. The predicted octanol–water partition coefficient (Wildman–Crippen LogP) is 4.18. The summed E-state index contributed by atoms with van der Waals surface area (Å²) in [5.41, 5.74) is 10.4. The van der Waals surface area contributed by atoms with E-state index in [0.717, 1.165) is 11.8 Å². The molecule has 4 aliphatic rings. The van der Waals surface area contributed by atoms with Crippen LogP contribution in [0.15, 0.2) is 24.3 Å². The third-order valence-corrected chi connectivity index (χ3v) is 6.70. The molecule has 0 heterocycles. The molecule has 0 aromatic heterocycles. The Labute approximate surface area is 122 Å². The van der Waals surface area contributed by atoms with Crippen molar-refractivity contribution in [3.8, 4) is 0 Å². The van der Waals surface area contributed by atoms with Gasteiger partial charge in [-0.2, -0.15) is 0 Å². The van der Waals surface area contributed by atoms with E-state index in [4.69, 9.17) is 5.73 Å². The molecule has 4 fully saturated rings. The van der Waals surface area contributed by atoms with E-state index in [1.54, 1.807) is 5.56 Å². The first-order valence-corrected chi connectivity index (χ1v) is 8.34. The normalized spacial score (nSPS) is 43.8. The summed E-state index contributed by atoms with van der Waals surface area (Å²) in [6, 6.07) is 9.67. The fourth-order valence-electron chi connectivity index (χ4n) is 6.18. The molecule has 1 aromatic carbocycles. The summed E-state index contributed by atoms with van der Waals surface area (Å²) in [5.74, 6) is 1.87. The van der Waals surface area contributed by atoms with Gasteiger partial charge in [0.2, 0.25) is 0 Å². The van der Waals surface area contributed by atoms with Crippen LogP contribution in [-0.2, 0) is 5.41 Å². The smallest absolute Gasteiger partial charge is 0.00675 e. The van der Waals surface area contributed by atoms with Crippen LogP contribution in [-0.4, -0.2) is 6.04 Å². The molecule has 4 bridgehead atoms. The van der Waals surface area contributed by atoms with E-state index in [-0.39, 0.29) is 0 Å². The van der Waals surface area contributed by atoms with E-state index < -0.39 is 0 Å². The number of nitrogens with two attached hydrogens (primary N) is 1. The molecule has 0 aliphatic heterocycles. The van der Waals surface area contributed by atoms with Crippen molar-refractivity contribution in [2.45, 2.75) is 63.8 Å². The van der Waals surface area contributed by atoms with E-state index >= 15 is 0 Å². The summed E-state index contributed by atoms with van der Waals surface area (Å²) in [7, 11) is 0. The lowest BCUT2D eigenvalue weighted by Crippen LogP contribution is -2.59. The molecule has 0 amide bonds. The summed E-state index contributed by atoms with van der Waals surface area (Å²) in [5, 5.41) is 0. The van der Waals surface area contributed by atoms with Crippen molar-refractivity contribution in [1.29, 1.82) is 0 Å². The lowest BCUT2D eigenvalue weighted by molar-refractivity contribution is -0.0822. The second-order valence-electron chi connectivity index (χ2n) is 8.26. The van der Waals surface area contributed by atoms with E-state index in [0.29, 0.717) is 16.9 Å². The number of benzene rings is 1. The highest BCUT2D eigenvalue weighted by Crippen LogP contribution is 2.66. The van der Waals surface area contributed by atoms with Gasteiger partial charge in [0.1, 0.15) is 0 Å². The average Bonchev–Trinajstić information content (AvgIpc) is 2.37. The lowest BCUT2D eigenvalue weighted by Gasteiger charge is -2.64. The summed E-state index contributed by atoms with van der Waals surface area (Å²) < 4.78 is 0. The minimum atomic E-state index is 0.359. The molecule has 4 saturated carbocycles. The molecule has 0 radical (unpaired) electrons. The Morgan fingerprint density at radius 3 is 2.45 bits per heavy atom. The van der Waals surface area contributed by atoms with Gasteiger partial charge >= 0.3 is 0 Å². The van der Waals surface area contributed by atoms with Crippen molar-refractivity contribution in [1.82, 2.24) is 0 Å². The van der Waals surface area contributed by atoms with Crippen LogP contribution in [0.3, 0.4) is 0 Å². The molecule has 3 unspecified atom stereocenters. The third-order valence-electron chi connectivity index (χ3n) is 6.70. The van der Waals surface area contributed by atoms with Crippen molar-refractivity contribution in [2.75, 3.05) is 0 Å². The first-order chi connectivity index (χ1) is 9.51. The van der Waals surface area contributed by atoms with Crippen LogP contribution in [0.25, 0.3) is 0 Å². The SMILES string of the molecule is Cc1cccc(C23CC4CC(C2)CC(C(C)N)(C4)C3)c1. The predicted molar refractivity (Wildman–Crippen MR) is 83.6 cm³/mol. The van der Waals surface area contributed by atoms with Crippen LogP contribution in [0.5, 0.6) is 0 Å². The molecule has 5 rings (SSSR count). The molecule has 2 N–H and O–H groups in total. The van der Waals surface area contributed by atoms with Crippen LogP contribution < -0.4 is 5.73 Å². The van der Waals surface area contributed by atoms with E-state index in [1.807, 2.05) is 0 Å². The lowest BCUT2D eigenvalue weighted by atomic mass is 9.41. The summed E-state index contributed by atoms with van der Waals surface area (Å²) >= 11 is 0. The van der Waals surface area contributed by atoms with Crippen LogP contribution in [0.4, 0.5) is 0 Å². The molecule has 1 aromatic rings. The maximum atomic E-state index is 6.46. The first kappa shape index (κ1) is 12.9. The van der Waals surface area contributed by atoms with Gasteiger partial charge in [0.25, 0.3) is 0 Å². The van der Waals surface area contributed by atoms with Gasteiger partial charge in [-0.25, -0.2) is 0 Å². The topological polar surface area (TPSA) is 26.0 Å².